The molecule has 0 saturated carbocycles. The molecule has 0 bridgehead atoms. The summed E-state index contributed by atoms with van der Waals surface area (Å²) >= 11 is 0. The third-order valence-electron chi connectivity index (χ3n) is 3.20. The molecule has 0 aliphatic rings. The number of nitrogens with two attached hydrogens (primary N) is 1. The third kappa shape index (κ3) is 3.29. The van der Waals surface area contributed by atoms with Crippen molar-refractivity contribution in [2.24, 2.45) is 5.73 Å². The van der Waals surface area contributed by atoms with Crippen LogP contribution in [0.2, 0.25) is 0 Å². The van der Waals surface area contributed by atoms with Gasteiger partial charge in [-0.3, -0.25) is 4.79 Å². The fraction of sp³-hybridized carbons (Fsp3) is 0.500. The van der Waals surface area contributed by atoms with Crippen molar-refractivity contribution in [1.82, 2.24) is 5.32 Å². The molecule has 4 heteroatoms. The molecule has 0 spiro atoms. The molecule has 3 nitrogen and oxygen atoms in total. The van der Waals surface area contributed by atoms with Gasteiger partial charge in [0.1, 0.15) is 5.82 Å². The van der Waals surface area contributed by atoms with Crippen molar-refractivity contribution in [2.45, 2.75) is 46.2 Å². The van der Waals surface area contributed by atoms with E-state index in [1.807, 2.05) is 6.92 Å². The van der Waals surface area contributed by atoms with Crippen LogP contribution in [0.5, 0.6) is 0 Å². The van der Waals surface area contributed by atoms with Crippen LogP contribution < -0.4 is 11.1 Å². The predicted molar refractivity (Wildman–Crippen MR) is 70.6 cm³/mol. The third-order valence-corrected chi connectivity index (χ3v) is 3.20. The zero-order valence-corrected chi connectivity index (χ0v) is 11.4. The Labute approximate surface area is 108 Å². The highest BCUT2D eigenvalue weighted by atomic mass is 19.1. The van der Waals surface area contributed by atoms with E-state index in [1.54, 1.807) is 32.9 Å². The Hall–Kier alpha value is -1.42. The number of benzene rings is 1. The number of carbonyl (C=O) groups is 1. The van der Waals surface area contributed by atoms with Crippen LogP contribution in [-0.4, -0.2) is 11.4 Å². The molecule has 18 heavy (non-hydrogen) atoms. The number of nitrogens with one attached hydrogen (secondary N) is 1. The maximum atomic E-state index is 13.4. The molecule has 1 aromatic rings. The van der Waals surface area contributed by atoms with Crippen LogP contribution in [0.3, 0.4) is 0 Å². The highest BCUT2D eigenvalue weighted by Gasteiger charge is 2.25. The van der Waals surface area contributed by atoms with Crippen molar-refractivity contribution in [1.29, 1.82) is 0 Å². The summed E-state index contributed by atoms with van der Waals surface area (Å²) < 4.78 is 13.4. The Morgan fingerprint density at radius 3 is 2.33 bits per heavy atom. The summed E-state index contributed by atoms with van der Waals surface area (Å²) in [4.78, 5) is 11.8. The Morgan fingerprint density at radius 2 is 1.89 bits per heavy atom. The van der Waals surface area contributed by atoms with E-state index in [2.05, 4.69) is 5.32 Å². The Morgan fingerprint density at radius 1 is 1.39 bits per heavy atom. The average molecular weight is 252 g/mol. The maximum Gasteiger partial charge on any atom is 0.240 e. The summed E-state index contributed by atoms with van der Waals surface area (Å²) in [5, 5.41) is 2.78. The predicted octanol–water partition coefficient (Wildman–Crippen LogP) is 2.19. The number of carbonyl (C=O) groups excluding carboxylic acids is 1. The van der Waals surface area contributed by atoms with Crippen LogP contribution in [0.15, 0.2) is 12.1 Å². The molecule has 1 aromatic carbocycles. The Balaban J connectivity index is 2.73. The zero-order chi connectivity index (χ0) is 13.9. The molecular weight excluding hydrogens is 231 g/mol. The first kappa shape index (κ1) is 14.6. The molecule has 0 aromatic heterocycles. The van der Waals surface area contributed by atoms with Crippen molar-refractivity contribution in [3.63, 3.8) is 0 Å². The molecule has 1 unspecified atom stereocenters. The van der Waals surface area contributed by atoms with E-state index in [1.165, 1.54) is 0 Å². The van der Waals surface area contributed by atoms with Crippen LogP contribution in [0.4, 0.5) is 4.39 Å². The van der Waals surface area contributed by atoms with Crippen LogP contribution in [0.25, 0.3) is 0 Å². The van der Waals surface area contributed by atoms with E-state index in [0.29, 0.717) is 24.1 Å². The summed E-state index contributed by atoms with van der Waals surface area (Å²) in [6.45, 7) is 7.36. The first-order valence-corrected chi connectivity index (χ1v) is 6.10. The highest BCUT2D eigenvalue weighted by molar-refractivity contribution is 5.85. The van der Waals surface area contributed by atoms with E-state index in [9.17, 15) is 9.18 Å². The van der Waals surface area contributed by atoms with Crippen molar-refractivity contribution < 1.29 is 9.18 Å². The molecule has 0 saturated heterocycles. The molecule has 1 rings (SSSR count). The molecular formula is C14H21FN2O. The lowest BCUT2D eigenvalue weighted by Gasteiger charge is -2.21. The first-order chi connectivity index (χ1) is 8.27. The lowest BCUT2D eigenvalue weighted by atomic mass is 9.99. The van der Waals surface area contributed by atoms with Gasteiger partial charge in [-0.05, 0) is 43.9 Å². The quantitative estimate of drug-likeness (QED) is 0.863. The smallest absolute Gasteiger partial charge is 0.240 e. The van der Waals surface area contributed by atoms with Gasteiger partial charge in [0.15, 0.2) is 0 Å². The van der Waals surface area contributed by atoms with Crippen LogP contribution in [-0.2, 0) is 11.3 Å². The SMILES string of the molecule is CCC(C)(N)C(=O)NCc1cc(C)c(F)c(C)c1. The fourth-order valence-electron chi connectivity index (χ4n) is 1.68. The zero-order valence-electron chi connectivity index (χ0n) is 11.4. The molecule has 1 amide bonds. The van der Waals surface area contributed by atoms with Gasteiger partial charge in [-0.1, -0.05) is 19.1 Å². The van der Waals surface area contributed by atoms with E-state index in [4.69, 9.17) is 5.73 Å². The molecule has 0 heterocycles. The molecule has 0 radical (unpaired) electrons. The van der Waals surface area contributed by atoms with Crippen molar-refractivity contribution in [2.75, 3.05) is 0 Å². The minimum atomic E-state index is -0.857. The van der Waals surface area contributed by atoms with E-state index < -0.39 is 5.54 Å². The van der Waals surface area contributed by atoms with Crippen molar-refractivity contribution in [3.8, 4) is 0 Å². The summed E-state index contributed by atoms with van der Waals surface area (Å²) in [7, 11) is 0. The highest BCUT2D eigenvalue weighted by Crippen LogP contribution is 2.15. The number of amides is 1. The number of aryl methyl sites for hydroxylation is 2. The van der Waals surface area contributed by atoms with Gasteiger partial charge < -0.3 is 11.1 Å². The van der Waals surface area contributed by atoms with Gasteiger partial charge in [0.05, 0.1) is 5.54 Å². The van der Waals surface area contributed by atoms with Gasteiger partial charge in [0.25, 0.3) is 0 Å². The summed E-state index contributed by atoms with van der Waals surface area (Å²) in [5.74, 6) is -0.382. The second kappa shape index (κ2) is 5.48. The maximum absolute atomic E-state index is 13.4. The van der Waals surface area contributed by atoms with Gasteiger partial charge in [-0.15, -0.1) is 0 Å². The summed E-state index contributed by atoms with van der Waals surface area (Å²) in [5.41, 5.74) is 7.04. The normalized spacial score (nSPS) is 14.1. The van der Waals surface area contributed by atoms with E-state index in [-0.39, 0.29) is 11.7 Å². The van der Waals surface area contributed by atoms with Gasteiger partial charge >= 0.3 is 0 Å². The lowest BCUT2D eigenvalue weighted by molar-refractivity contribution is -0.126. The summed E-state index contributed by atoms with van der Waals surface area (Å²) in [6.07, 6.45) is 0.570. The minimum Gasteiger partial charge on any atom is -0.350 e. The van der Waals surface area contributed by atoms with Gasteiger partial charge in [-0.2, -0.15) is 0 Å². The van der Waals surface area contributed by atoms with Crippen LogP contribution in [0, 0.1) is 19.7 Å². The molecule has 1 atom stereocenters. The first-order valence-electron chi connectivity index (χ1n) is 6.10. The summed E-state index contributed by atoms with van der Waals surface area (Å²) in [6, 6.07) is 3.48. The molecule has 3 N–H and O–H groups in total. The van der Waals surface area contributed by atoms with Crippen LogP contribution >= 0.6 is 0 Å². The van der Waals surface area contributed by atoms with E-state index in [0.717, 1.165) is 5.56 Å². The largest absolute Gasteiger partial charge is 0.350 e. The molecule has 0 aliphatic heterocycles. The second-order valence-corrected chi connectivity index (χ2v) is 5.00. The van der Waals surface area contributed by atoms with Crippen molar-refractivity contribution in [3.05, 3.63) is 34.6 Å². The minimum absolute atomic E-state index is 0.190. The van der Waals surface area contributed by atoms with Crippen LogP contribution in [0.1, 0.15) is 37.0 Å². The number of hydrogen-bond acceptors (Lipinski definition) is 2. The van der Waals surface area contributed by atoms with Gasteiger partial charge in [0, 0.05) is 6.54 Å². The molecule has 0 aliphatic carbocycles. The molecule has 100 valence electrons. The fourth-order valence-corrected chi connectivity index (χ4v) is 1.68. The average Bonchev–Trinajstić information content (AvgIpc) is 2.32. The molecule has 0 fully saturated rings. The number of hydrogen-bond donors (Lipinski definition) is 2. The number of halogens is 1. The Kier molecular flexibility index (Phi) is 4.46. The van der Waals surface area contributed by atoms with E-state index >= 15 is 0 Å². The standard InChI is InChI=1S/C14H21FN2O/c1-5-14(4,16)13(18)17-8-11-6-9(2)12(15)10(3)7-11/h6-7H,5,8,16H2,1-4H3,(H,17,18). The lowest BCUT2D eigenvalue weighted by Crippen LogP contribution is -2.50. The van der Waals surface area contributed by atoms with Crippen molar-refractivity contribution >= 4 is 5.91 Å². The topological polar surface area (TPSA) is 55.1 Å². The second-order valence-electron chi connectivity index (χ2n) is 5.00. The Bertz CT molecular complexity index is 432. The number of rotatable bonds is 4. The monoisotopic (exact) mass is 252 g/mol. The van der Waals surface area contributed by atoms with Gasteiger partial charge in [-0.25, -0.2) is 4.39 Å². The van der Waals surface area contributed by atoms with Gasteiger partial charge in [0.2, 0.25) is 5.91 Å².